The summed E-state index contributed by atoms with van der Waals surface area (Å²) in [7, 11) is 1.81. The fourth-order valence-corrected chi connectivity index (χ4v) is 3.03. The first-order chi connectivity index (χ1) is 13.6. The van der Waals surface area contributed by atoms with E-state index in [1.165, 1.54) is 64.0 Å². The van der Waals surface area contributed by atoms with E-state index in [0.29, 0.717) is 10.8 Å². The SMILES string of the molecule is C1CCCCC1.CCCCCN.CNc1cccc(-c2cc(N)ncc2Cl)n1. The Kier molecular flexibility index (Phi) is 13.1. The van der Waals surface area contributed by atoms with Crippen molar-refractivity contribution in [3.05, 3.63) is 35.5 Å². The summed E-state index contributed by atoms with van der Waals surface area (Å²) in [5.41, 5.74) is 12.4. The summed E-state index contributed by atoms with van der Waals surface area (Å²) in [5.74, 6) is 1.21. The van der Waals surface area contributed by atoms with Crippen LogP contribution in [0.15, 0.2) is 30.5 Å². The first-order valence-electron chi connectivity index (χ1n) is 10.4. The molecular formula is C22H36ClN5. The fourth-order valence-electron chi connectivity index (χ4n) is 2.83. The third-order valence-electron chi connectivity index (χ3n) is 4.47. The molecule has 0 atom stereocenters. The average Bonchev–Trinajstić information content (AvgIpc) is 2.76. The highest BCUT2D eigenvalue weighted by molar-refractivity contribution is 6.33. The van der Waals surface area contributed by atoms with Gasteiger partial charge < -0.3 is 16.8 Å². The number of nitrogens with zero attached hydrogens (tertiary/aromatic N) is 2. The topological polar surface area (TPSA) is 89.8 Å². The van der Waals surface area contributed by atoms with Gasteiger partial charge in [0.2, 0.25) is 0 Å². The second kappa shape index (κ2) is 15.1. The van der Waals surface area contributed by atoms with Gasteiger partial charge in [0.1, 0.15) is 11.6 Å². The van der Waals surface area contributed by atoms with E-state index in [1.807, 2.05) is 25.2 Å². The molecule has 2 aromatic rings. The van der Waals surface area contributed by atoms with Crippen LogP contribution in [0, 0.1) is 0 Å². The van der Waals surface area contributed by atoms with Crippen LogP contribution in [0.3, 0.4) is 0 Å². The Hall–Kier alpha value is -1.85. The van der Waals surface area contributed by atoms with Crippen LogP contribution in [0.5, 0.6) is 0 Å². The number of nitrogens with one attached hydrogen (secondary N) is 1. The Morgan fingerprint density at radius 2 is 1.71 bits per heavy atom. The third kappa shape index (κ3) is 9.90. The van der Waals surface area contributed by atoms with E-state index < -0.39 is 0 Å². The van der Waals surface area contributed by atoms with Gasteiger partial charge in [0.25, 0.3) is 0 Å². The molecule has 1 aliphatic carbocycles. The van der Waals surface area contributed by atoms with E-state index in [0.717, 1.165) is 23.6 Å². The van der Waals surface area contributed by atoms with Gasteiger partial charge in [-0.05, 0) is 31.2 Å². The molecule has 0 unspecified atom stereocenters. The first kappa shape index (κ1) is 24.2. The fraction of sp³-hybridized carbons (Fsp3) is 0.545. The number of hydrogen-bond donors (Lipinski definition) is 3. The molecule has 2 aromatic heterocycles. The van der Waals surface area contributed by atoms with Crippen molar-refractivity contribution in [2.45, 2.75) is 64.7 Å². The molecule has 5 nitrogen and oxygen atoms in total. The Morgan fingerprint density at radius 1 is 1.07 bits per heavy atom. The molecular weight excluding hydrogens is 370 g/mol. The van der Waals surface area contributed by atoms with Gasteiger partial charge in [0, 0.05) is 18.8 Å². The summed E-state index contributed by atoms with van der Waals surface area (Å²) < 4.78 is 0. The van der Waals surface area contributed by atoms with Crippen molar-refractivity contribution in [2.75, 3.05) is 24.6 Å². The van der Waals surface area contributed by atoms with Crippen molar-refractivity contribution in [3.63, 3.8) is 0 Å². The van der Waals surface area contributed by atoms with Crippen LogP contribution in [0.1, 0.15) is 64.7 Å². The summed E-state index contributed by atoms with van der Waals surface area (Å²) in [6.45, 7) is 3.03. The molecule has 0 aromatic carbocycles. The smallest absolute Gasteiger partial charge is 0.126 e. The molecule has 5 N–H and O–H groups in total. The highest BCUT2D eigenvalue weighted by Gasteiger charge is 2.06. The summed E-state index contributed by atoms with van der Waals surface area (Å²) in [4.78, 5) is 8.29. The highest BCUT2D eigenvalue weighted by atomic mass is 35.5. The molecule has 0 saturated heterocycles. The van der Waals surface area contributed by atoms with Gasteiger partial charge >= 0.3 is 0 Å². The van der Waals surface area contributed by atoms with Crippen molar-refractivity contribution in [1.82, 2.24) is 9.97 Å². The number of pyridine rings is 2. The van der Waals surface area contributed by atoms with E-state index in [4.69, 9.17) is 23.1 Å². The zero-order valence-electron chi connectivity index (χ0n) is 17.4. The van der Waals surface area contributed by atoms with Crippen molar-refractivity contribution < 1.29 is 0 Å². The second-order valence-corrected chi connectivity index (χ2v) is 7.27. The first-order valence-corrected chi connectivity index (χ1v) is 10.8. The summed E-state index contributed by atoms with van der Waals surface area (Å²) >= 11 is 6.05. The Morgan fingerprint density at radius 3 is 2.21 bits per heavy atom. The van der Waals surface area contributed by atoms with Crippen molar-refractivity contribution in [1.29, 1.82) is 0 Å². The van der Waals surface area contributed by atoms with Crippen LogP contribution in [0.4, 0.5) is 11.6 Å². The van der Waals surface area contributed by atoms with Gasteiger partial charge in [-0.1, -0.05) is 76.0 Å². The number of hydrogen-bond acceptors (Lipinski definition) is 5. The molecule has 1 fully saturated rings. The molecule has 28 heavy (non-hydrogen) atoms. The van der Waals surface area contributed by atoms with Crippen molar-refractivity contribution >= 4 is 23.2 Å². The van der Waals surface area contributed by atoms with Crippen LogP contribution in [0.25, 0.3) is 11.3 Å². The van der Waals surface area contributed by atoms with Crippen LogP contribution in [-0.2, 0) is 0 Å². The van der Waals surface area contributed by atoms with Gasteiger partial charge in [-0.15, -0.1) is 0 Å². The van der Waals surface area contributed by atoms with Crippen LogP contribution >= 0.6 is 11.6 Å². The zero-order valence-corrected chi connectivity index (χ0v) is 18.1. The molecule has 0 amide bonds. The van der Waals surface area contributed by atoms with E-state index in [9.17, 15) is 0 Å². The average molecular weight is 406 g/mol. The summed E-state index contributed by atoms with van der Waals surface area (Å²) in [6, 6.07) is 7.37. The minimum atomic E-state index is 0.427. The van der Waals surface area contributed by atoms with Crippen LogP contribution in [0.2, 0.25) is 5.02 Å². The number of halogens is 1. The predicted molar refractivity (Wildman–Crippen MR) is 123 cm³/mol. The van der Waals surface area contributed by atoms with Gasteiger partial charge in [-0.2, -0.15) is 0 Å². The zero-order chi connectivity index (χ0) is 20.6. The van der Waals surface area contributed by atoms with Gasteiger partial charge in [-0.25, -0.2) is 9.97 Å². The van der Waals surface area contributed by atoms with Gasteiger partial charge in [-0.3, -0.25) is 0 Å². The van der Waals surface area contributed by atoms with Crippen molar-refractivity contribution in [3.8, 4) is 11.3 Å². The third-order valence-corrected chi connectivity index (χ3v) is 4.77. The molecule has 0 radical (unpaired) electrons. The molecule has 6 heteroatoms. The molecule has 1 aliphatic rings. The number of rotatable bonds is 5. The predicted octanol–water partition coefficient (Wildman–Crippen LogP) is 5.90. The number of aromatic nitrogens is 2. The molecule has 3 rings (SSSR count). The molecule has 0 bridgehead atoms. The lowest BCUT2D eigenvalue weighted by atomic mass is 10.0. The Labute approximate surface area is 175 Å². The number of nitrogen functional groups attached to an aromatic ring is 1. The van der Waals surface area contributed by atoms with Crippen molar-refractivity contribution in [2.24, 2.45) is 5.73 Å². The van der Waals surface area contributed by atoms with Crippen LogP contribution < -0.4 is 16.8 Å². The van der Waals surface area contributed by atoms with E-state index in [2.05, 4.69) is 22.2 Å². The molecule has 2 heterocycles. The quantitative estimate of drug-likeness (QED) is 0.539. The molecule has 0 aliphatic heterocycles. The minimum Gasteiger partial charge on any atom is -0.384 e. The number of nitrogens with two attached hydrogens (primary N) is 2. The maximum absolute atomic E-state index is 6.05. The number of anilines is 2. The lowest BCUT2D eigenvalue weighted by molar-refractivity contribution is 0.504. The van der Waals surface area contributed by atoms with E-state index >= 15 is 0 Å². The Balaban J connectivity index is 0.000000268. The molecule has 1 saturated carbocycles. The van der Waals surface area contributed by atoms with E-state index in [1.54, 1.807) is 6.07 Å². The number of unbranched alkanes of at least 4 members (excludes halogenated alkanes) is 2. The lowest BCUT2D eigenvalue weighted by Gasteiger charge is -2.06. The maximum atomic E-state index is 6.05. The second-order valence-electron chi connectivity index (χ2n) is 6.86. The van der Waals surface area contributed by atoms with E-state index in [-0.39, 0.29) is 0 Å². The van der Waals surface area contributed by atoms with Crippen LogP contribution in [-0.4, -0.2) is 23.6 Å². The minimum absolute atomic E-state index is 0.427. The monoisotopic (exact) mass is 405 g/mol. The highest BCUT2D eigenvalue weighted by Crippen LogP contribution is 2.27. The standard InChI is InChI=1S/C11H11ClN4.C6H12.C5H13N/c1-14-11-4-2-3-9(16-11)7-5-10(13)15-6-8(7)12;1-2-4-6-5-3-1;1-2-3-4-5-6/h2-6H,1H3,(H2,13,15)(H,14,16);1-6H2;2-6H2,1H3. The maximum Gasteiger partial charge on any atom is 0.126 e. The summed E-state index contributed by atoms with van der Waals surface area (Å²) in [6.07, 6.45) is 14.3. The van der Waals surface area contributed by atoms with Gasteiger partial charge in [0.05, 0.1) is 10.7 Å². The van der Waals surface area contributed by atoms with Gasteiger partial charge in [0.15, 0.2) is 0 Å². The largest absolute Gasteiger partial charge is 0.384 e. The Bertz CT molecular complexity index is 644. The molecule has 0 spiro atoms. The lowest BCUT2D eigenvalue weighted by Crippen LogP contribution is -1.96. The molecule has 156 valence electrons. The normalized spacial score (nSPS) is 12.9. The summed E-state index contributed by atoms with van der Waals surface area (Å²) in [5, 5.41) is 3.51.